The Kier molecular flexibility index (Phi) is 4.23. The van der Waals surface area contributed by atoms with E-state index in [2.05, 4.69) is 30.4 Å². The first-order chi connectivity index (χ1) is 9.97. The van der Waals surface area contributed by atoms with Crippen molar-refractivity contribution in [3.63, 3.8) is 0 Å². The predicted molar refractivity (Wildman–Crippen MR) is 81.2 cm³/mol. The Morgan fingerprint density at radius 2 is 1.90 bits per heavy atom. The van der Waals surface area contributed by atoms with Gasteiger partial charge in [-0.25, -0.2) is 4.79 Å². The number of para-hydroxylation sites is 1. The van der Waals surface area contributed by atoms with Gasteiger partial charge in [0.15, 0.2) is 0 Å². The molecule has 1 aromatic rings. The van der Waals surface area contributed by atoms with Crippen LogP contribution in [0, 0.1) is 6.92 Å². The van der Waals surface area contributed by atoms with Crippen LogP contribution in [-0.2, 0) is 11.2 Å². The quantitative estimate of drug-likeness (QED) is 0.690. The lowest BCUT2D eigenvalue weighted by atomic mass is 9.88. The number of benzene rings is 2. The number of urea groups is 1. The van der Waals surface area contributed by atoms with Crippen LogP contribution in [0.15, 0.2) is 42.5 Å². The molecule has 0 bridgehead atoms. The molecule has 0 saturated heterocycles. The van der Waals surface area contributed by atoms with Crippen LogP contribution >= 0.6 is 0 Å². The monoisotopic (exact) mass is 284 g/mol. The average molecular weight is 284 g/mol. The summed E-state index contributed by atoms with van der Waals surface area (Å²) in [6.07, 6.45) is -0.142. The normalized spacial score (nSPS) is 10.1. The zero-order chi connectivity index (χ0) is 15.4. The number of amides is 2. The molecule has 0 aliphatic heterocycles. The van der Waals surface area contributed by atoms with Crippen molar-refractivity contribution >= 4 is 17.7 Å². The fraction of sp³-hybridized carbons (Fsp3) is 0.125. The smallest absolute Gasteiger partial charge is 0.316 e. The van der Waals surface area contributed by atoms with Crippen molar-refractivity contribution in [2.24, 2.45) is 5.73 Å². The summed E-state index contributed by atoms with van der Waals surface area (Å²) >= 11 is 0. The van der Waals surface area contributed by atoms with E-state index in [0.29, 0.717) is 11.3 Å². The van der Waals surface area contributed by atoms with Gasteiger partial charge in [-0.1, -0.05) is 36.4 Å². The summed E-state index contributed by atoms with van der Waals surface area (Å²) in [5.41, 5.74) is 10.2. The molecule has 0 unspecified atom stereocenters. The highest BCUT2D eigenvalue weighted by Crippen LogP contribution is 2.35. The van der Waals surface area contributed by atoms with E-state index in [4.69, 9.17) is 10.8 Å². The lowest BCUT2D eigenvalue weighted by Gasteiger charge is -2.17. The number of hydrogen-bond donors (Lipinski definition) is 3. The van der Waals surface area contributed by atoms with Crippen molar-refractivity contribution < 1.29 is 14.7 Å². The zero-order valence-electron chi connectivity index (χ0n) is 11.6. The molecule has 21 heavy (non-hydrogen) atoms. The van der Waals surface area contributed by atoms with Gasteiger partial charge < -0.3 is 16.2 Å². The van der Waals surface area contributed by atoms with Crippen LogP contribution in [0.5, 0.6) is 0 Å². The molecular formula is C16H16N2O3. The first-order valence-electron chi connectivity index (χ1n) is 6.44. The van der Waals surface area contributed by atoms with E-state index in [1.54, 1.807) is 24.3 Å². The second kappa shape index (κ2) is 6.09. The van der Waals surface area contributed by atoms with Crippen molar-refractivity contribution in [3.8, 4) is 11.1 Å². The number of carbonyl (C=O) groups is 2. The van der Waals surface area contributed by atoms with Gasteiger partial charge in [0.2, 0.25) is 0 Å². The number of hydrogen-bond acceptors (Lipinski definition) is 2. The number of fused-ring (bicyclic) bond motifs is 1. The molecule has 5 heteroatoms. The maximum atomic E-state index is 10.6. The van der Waals surface area contributed by atoms with Crippen molar-refractivity contribution in [1.82, 2.24) is 0 Å². The number of carbonyl (C=O) groups excluding carboxylic acids is 1. The molecule has 0 saturated carbocycles. The van der Waals surface area contributed by atoms with E-state index >= 15 is 0 Å². The summed E-state index contributed by atoms with van der Waals surface area (Å²) in [4.78, 5) is 21.0. The Bertz CT molecular complexity index is 661. The molecule has 108 valence electrons. The number of aryl methyl sites for hydroxylation is 1. The minimum Gasteiger partial charge on any atom is -0.481 e. The van der Waals surface area contributed by atoms with Gasteiger partial charge in [-0.3, -0.25) is 4.79 Å². The van der Waals surface area contributed by atoms with E-state index in [1.807, 2.05) is 0 Å². The van der Waals surface area contributed by atoms with Crippen molar-refractivity contribution in [3.05, 3.63) is 53.6 Å². The summed E-state index contributed by atoms with van der Waals surface area (Å²) in [5, 5.41) is 10.9. The molecule has 2 aliphatic rings. The van der Waals surface area contributed by atoms with Gasteiger partial charge in [-0.15, -0.1) is 0 Å². The molecule has 0 radical (unpaired) electrons. The number of anilines is 1. The third-order valence-corrected chi connectivity index (χ3v) is 3.15. The van der Waals surface area contributed by atoms with E-state index < -0.39 is 12.0 Å². The number of primary amides is 1. The number of rotatable bonds is 3. The lowest BCUT2D eigenvalue weighted by Crippen LogP contribution is -2.20. The highest BCUT2D eigenvalue weighted by molar-refractivity contribution is 5.89. The SMILES string of the molecule is Cc1cc2ccc1-2.NC(=O)Nc1ccccc1CC(=O)O. The molecule has 2 amide bonds. The summed E-state index contributed by atoms with van der Waals surface area (Å²) in [6, 6.07) is 12.4. The Morgan fingerprint density at radius 3 is 2.29 bits per heavy atom. The molecule has 0 aromatic heterocycles. The molecule has 2 aliphatic carbocycles. The first kappa shape index (κ1) is 14.6. The van der Waals surface area contributed by atoms with Crippen molar-refractivity contribution in [1.29, 1.82) is 0 Å². The third-order valence-electron chi connectivity index (χ3n) is 3.15. The van der Waals surface area contributed by atoms with E-state index in [9.17, 15) is 9.59 Å². The largest absolute Gasteiger partial charge is 0.481 e. The predicted octanol–water partition coefficient (Wildman–Crippen LogP) is 2.78. The molecule has 0 atom stereocenters. The second-order valence-electron chi connectivity index (χ2n) is 4.75. The standard InChI is InChI=1S/C9H10N2O3.C7H6/c10-9(14)11-7-4-2-1-3-6(7)5-8(12)13;1-5-4-6-2-3-7(5)6/h1-4H,5H2,(H,12,13)(H3,10,11,14);2-4H,1H3. The minimum absolute atomic E-state index is 0.142. The molecular weight excluding hydrogens is 268 g/mol. The summed E-state index contributed by atoms with van der Waals surface area (Å²) in [7, 11) is 0. The Labute approximate surface area is 122 Å². The topological polar surface area (TPSA) is 92.4 Å². The van der Waals surface area contributed by atoms with Crippen LogP contribution in [0.4, 0.5) is 10.5 Å². The van der Waals surface area contributed by atoms with Crippen LogP contribution in [-0.4, -0.2) is 17.1 Å². The molecule has 5 nitrogen and oxygen atoms in total. The number of nitrogens with two attached hydrogens (primary N) is 1. The van der Waals surface area contributed by atoms with Gasteiger partial charge in [0.05, 0.1) is 6.42 Å². The highest BCUT2D eigenvalue weighted by Gasteiger charge is 2.11. The molecule has 0 heterocycles. The Hall–Kier alpha value is -2.82. The number of carboxylic acids is 1. The molecule has 1 aromatic carbocycles. The average Bonchev–Trinajstić information content (AvgIpc) is 2.37. The van der Waals surface area contributed by atoms with Gasteiger partial charge in [0, 0.05) is 5.69 Å². The third kappa shape index (κ3) is 3.60. The summed E-state index contributed by atoms with van der Waals surface area (Å²) in [6.45, 7) is 2.14. The van der Waals surface area contributed by atoms with Gasteiger partial charge in [0.25, 0.3) is 0 Å². The van der Waals surface area contributed by atoms with Crippen molar-refractivity contribution in [2.75, 3.05) is 5.32 Å². The van der Waals surface area contributed by atoms with E-state index in [0.717, 1.165) is 0 Å². The zero-order valence-corrected chi connectivity index (χ0v) is 11.6. The molecule has 4 N–H and O–H groups in total. The van der Waals surface area contributed by atoms with Crippen LogP contribution in [0.3, 0.4) is 0 Å². The molecule has 0 fully saturated rings. The van der Waals surface area contributed by atoms with E-state index in [-0.39, 0.29) is 6.42 Å². The minimum atomic E-state index is -0.955. The van der Waals surface area contributed by atoms with Gasteiger partial charge in [0.1, 0.15) is 0 Å². The summed E-state index contributed by atoms with van der Waals surface area (Å²) < 4.78 is 0. The summed E-state index contributed by atoms with van der Waals surface area (Å²) in [5.74, 6) is -0.955. The molecule has 0 spiro atoms. The first-order valence-corrected chi connectivity index (χ1v) is 6.44. The van der Waals surface area contributed by atoms with Gasteiger partial charge in [-0.2, -0.15) is 0 Å². The Morgan fingerprint density at radius 1 is 1.19 bits per heavy atom. The van der Waals surface area contributed by atoms with Crippen LogP contribution in [0.2, 0.25) is 0 Å². The highest BCUT2D eigenvalue weighted by atomic mass is 16.4. The van der Waals surface area contributed by atoms with Crippen LogP contribution < -0.4 is 11.1 Å². The molecule has 3 rings (SSSR count). The fourth-order valence-electron chi connectivity index (χ4n) is 2.07. The fourth-order valence-corrected chi connectivity index (χ4v) is 2.07. The second-order valence-corrected chi connectivity index (χ2v) is 4.75. The van der Waals surface area contributed by atoms with Gasteiger partial charge in [-0.05, 0) is 35.2 Å². The van der Waals surface area contributed by atoms with E-state index in [1.165, 1.54) is 16.7 Å². The van der Waals surface area contributed by atoms with Crippen molar-refractivity contribution in [2.45, 2.75) is 13.3 Å². The van der Waals surface area contributed by atoms with Gasteiger partial charge >= 0.3 is 12.0 Å². The number of nitrogens with one attached hydrogen (secondary N) is 1. The Balaban J connectivity index is 0.000000189. The number of aliphatic carboxylic acids is 1. The van der Waals surface area contributed by atoms with Crippen LogP contribution in [0.1, 0.15) is 11.1 Å². The lowest BCUT2D eigenvalue weighted by molar-refractivity contribution is -0.136. The van der Waals surface area contributed by atoms with Crippen LogP contribution in [0.25, 0.3) is 11.1 Å². The maximum absolute atomic E-state index is 10.6. The number of carboxylic acid groups (broad SMARTS) is 1. The maximum Gasteiger partial charge on any atom is 0.316 e.